The maximum absolute atomic E-state index is 14.1. The van der Waals surface area contributed by atoms with Crippen molar-refractivity contribution in [3.63, 3.8) is 0 Å². The van der Waals surface area contributed by atoms with Gasteiger partial charge in [0.1, 0.15) is 5.75 Å². The summed E-state index contributed by atoms with van der Waals surface area (Å²) in [6, 6.07) is 14.4. The average molecular weight is 555 g/mol. The van der Waals surface area contributed by atoms with Crippen LogP contribution >= 0.6 is 0 Å². The number of ether oxygens (including phenoxy) is 2. The number of aliphatic hydroxyl groups is 1. The topological polar surface area (TPSA) is 94.6 Å². The highest BCUT2D eigenvalue weighted by molar-refractivity contribution is 5.98. The third-order valence-corrected chi connectivity index (χ3v) is 7.38. The van der Waals surface area contributed by atoms with E-state index in [0.717, 1.165) is 30.6 Å². The van der Waals surface area contributed by atoms with Gasteiger partial charge in [-0.25, -0.2) is 4.79 Å². The molecule has 2 N–H and O–H groups in total. The molecule has 0 spiro atoms. The van der Waals surface area contributed by atoms with Crippen LogP contribution in [0.3, 0.4) is 0 Å². The second-order valence-electron chi connectivity index (χ2n) is 11.1. The van der Waals surface area contributed by atoms with Gasteiger partial charge in [-0.1, -0.05) is 25.1 Å². The number of urea groups is 1. The van der Waals surface area contributed by atoms with E-state index in [1.807, 2.05) is 88.3 Å². The summed E-state index contributed by atoms with van der Waals surface area (Å²) in [5.74, 6) is 0.228. The van der Waals surface area contributed by atoms with Crippen molar-refractivity contribution in [1.82, 2.24) is 9.80 Å². The van der Waals surface area contributed by atoms with E-state index in [0.29, 0.717) is 31.0 Å². The number of amides is 3. The minimum Gasteiger partial charge on any atom is -0.490 e. The van der Waals surface area contributed by atoms with E-state index in [4.69, 9.17) is 9.47 Å². The van der Waals surface area contributed by atoms with E-state index in [2.05, 4.69) is 5.32 Å². The van der Waals surface area contributed by atoms with Crippen molar-refractivity contribution >= 4 is 23.3 Å². The molecule has 220 valence electrons. The molecule has 2 aromatic rings. The van der Waals surface area contributed by atoms with Gasteiger partial charge in [0.25, 0.3) is 5.91 Å². The summed E-state index contributed by atoms with van der Waals surface area (Å²) in [7, 11) is 5.61. The Morgan fingerprint density at radius 2 is 1.85 bits per heavy atom. The molecule has 0 saturated carbocycles. The molecule has 0 aliphatic carbocycles. The number of benzene rings is 2. The van der Waals surface area contributed by atoms with Crippen LogP contribution in [0.2, 0.25) is 0 Å². The summed E-state index contributed by atoms with van der Waals surface area (Å²) >= 11 is 0. The SMILES string of the molecule is C[C@@H]1CN([C@@H](C)CO)C(=O)c2cc(N(C)C)ccc2O[C@@H](C)CCCCO[C@@H]1CN(C)C(=O)Nc1ccccc1. The van der Waals surface area contributed by atoms with Crippen LogP contribution in [0.15, 0.2) is 48.5 Å². The molecule has 2 aromatic carbocycles. The molecule has 4 atom stereocenters. The quantitative estimate of drug-likeness (QED) is 0.537. The number of anilines is 2. The molecule has 0 bridgehead atoms. The zero-order chi connectivity index (χ0) is 29.2. The van der Waals surface area contributed by atoms with Gasteiger partial charge in [0.2, 0.25) is 0 Å². The molecule has 0 radical (unpaired) electrons. The number of fused-ring (bicyclic) bond motifs is 1. The smallest absolute Gasteiger partial charge is 0.321 e. The monoisotopic (exact) mass is 554 g/mol. The zero-order valence-electron chi connectivity index (χ0n) is 24.8. The molecule has 9 nitrogen and oxygen atoms in total. The fourth-order valence-corrected chi connectivity index (χ4v) is 4.74. The lowest BCUT2D eigenvalue weighted by Crippen LogP contribution is -2.48. The first kappa shape index (κ1) is 31.2. The molecular formula is C31H46N4O5. The van der Waals surface area contributed by atoms with Gasteiger partial charge in [-0.3, -0.25) is 4.79 Å². The molecule has 0 unspecified atom stereocenters. The fraction of sp³-hybridized carbons (Fsp3) is 0.548. The van der Waals surface area contributed by atoms with Crippen LogP contribution in [-0.4, -0.2) is 92.5 Å². The molecule has 9 heteroatoms. The summed E-state index contributed by atoms with van der Waals surface area (Å²) in [6.45, 7) is 6.95. The Morgan fingerprint density at radius 3 is 2.52 bits per heavy atom. The van der Waals surface area contributed by atoms with Crippen molar-refractivity contribution in [2.45, 2.75) is 58.3 Å². The Hall–Kier alpha value is -3.30. The van der Waals surface area contributed by atoms with Gasteiger partial charge in [-0.15, -0.1) is 0 Å². The summed E-state index contributed by atoms with van der Waals surface area (Å²) in [6.07, 6.45) is 2.21. The summed E-state index contributed by atoms with van der Waals surface area (Å²) in [5, 5.41) is 13.0. The Bertz CT molecular complexity index is 1100. The number of rotatable bonds is 6. The predicted octanol–water partition coefficient (Wildman–Crippen LogP) is 4.71. The number of aliphatic hydroxyl groups excluding tert-OH is 1. The zero-order valence-corrected chi connectivity index (χ0v) is 24.8. The highest BCUT2D eigenvalue weighted by atomic mass is 16.5. The lowest BCUT2D eigenvalue weighted by atomic mass is 10.0. The van der Waals surface area contributed by atoms with E-state index >= 15 is 0 Å². The molecule has 1 heterocycles. The van der Waals surface area contributed by atoms with Crippen molar-refractivity contribution in [2.75, 3.05) is 57.7 Å². The van der Waals surface area contributed by atoms with Gasteiger partial charge in [-0.2, -0.15) is 0 Å². The molecule has 1 aliphatic rings. The van der Waals surface area contributed by atoms with Crippen LogP contribution in [0.1, 0.15) is 50.4 Å². The van der Waals surface area contributed by atoms with Crippen molar-refractivity contribution in [2.24, 2.45) is 5.92 Å². The van der Waals surface area contributed by atoms with Gasteiger partial charge < -0.3 is 34.6 Å². The lowest BCUT2D eigenvalue weighted by molar-refractivity contribution is -0.0115. The van der Waals surface area contributed by atoms with Crippen molar-refractivity contribution < 1.29 is 24.2 Å². The molecule has 0 aromatic heterocycles. The largest absolute Gasteiger partial charge is 0.490 e. The summed E-state index contributed by atoms with van der Waals surface area (Å²) < 4.78 is 12.6. The number of likely N-dealkylation sites (N-methyl/N-ethyl adjacent to an activating group) is 1. The van der Waals surface area contributed by atoms with Crippen molar-refractivity contribution in [3.8, 4) is 5.75 Å². The first-order valence-corrected chi connectivity index (χ1v) is 14.2. The van der Waals surface area contributed by atoms with Gasteiger partial charge in [-0.05, 0) is 63.4 Å². The normalized spacial score (nSPS) is 21.4. The number of nitrogens with zero attached hydrogens (tertiary/aromatic N) is 3. The van der Waals surface area contributed by atoms with E-state index in [1.165, 1.54) is 0 Å². The summed E-state index contributed by atoms with van der Waals surface area (Å²) in [5.41, 5.74) is 2.08. The molecule has 3 rings (SSSR count). The standard InChI is InChI=1S/C31H46N4O5/c1-22-19-35(23(2)21-36)30(37)27-18-26(33(4)5)15-16-28(27)40-24(3)12-10-11-17-39-29(22)20-34(6)31(38)32-25-13-8-7-9-14-25/h7-9,13-16,18,22-24,29,36H,10-12,17,19-21H2,1-6H3,(H,32,38)/t22-,23+,24+,29-/m1/s1. The maximum Gasteiger partial charge on any atom is 0.321 e. The van der Waals surface area contributed by atoms with Crippen molar-refractivity contribution in [3.05, 3.63) is 54.1 Å². The third-order valence-electron chi connectivity index (χ3n) is 7.38. The molecule has 0 saturated heterocycles. The minimum atomic E-state index is -0.420. The number of carbonyl (C=O) groups is 2. The lowest BCUT2D eigenvalue weighted by Gasteiger charge is -2.36. The second kappa shape index (κ2) is 14.9. The predicted molar refractivity (Wildman–Crippen MR) is 159 cm³/mol. The first-order chi connectivity index (χ1) is 19.1. The van der Waals surface area contributed by atoms with Crippen LogP contribution in [0.4, 0.5) is 16.2 Å². The number of hydrogen-bond donors (Lipinski definition) is 2. The number of carbonyl (C=O) groups excluding carboxylic acids is 2. The summed E-state index contributed by atoms with van der Waals surface area (Å²) in [4.78, 5) is 32.3. The van der Waals surface area contributed by atoms with Crippen molar-refractivity contribution in [1.29, 1.82) is 0 Å². The Balaban J connectivity index is 1.88. The van der Waals surface area contributed by atoms with E-state index in [1.54, 1.807) is 16.8 Å². The van der Waals surface area contributed by atoms with Gasteiger partial charge >= 0.3 is 6.03 Å². The molecular weight excluding hydrogens is 508 g/mol. The number of para-hydroxylation sites is 1. The fourth-order valence-electron chi connectivity index (χ4n) is 4.74. The van der Waals surface area contributed by atoms with Crippen LogP contribution in [-0.2, 0) is 4.74 Å². The molecule has 0 fully saturated rings. The average Bonchev–Trinajstić information content (AvgIpc) is 2.94. The molecule has 40 heavy (non-hydrogen) atoms. The van der Waals surface area contributed by atoms with Crippen LogP contribution in [0, 0.1) is 5.92 Å². The van der Waals surface area contributed by atoms with E-state index < -0.39 is 6.04 Å². The van der Waals surface area contributed by atoms with Crippen LogP contribution < -0.4 is 15.0 Å². The van der Waals surface area contributed by atoms with Crippen LogP contribution in [0.5, 0.6) is 5.75 Å². The second-order valence-corrected chi connectivity index (χ2v) is 11.1. The third kappa shape index (κ3) is 8.60. The molecule has 1 aliphatic heterocycles. The highest BCUT2D eigenvalue weighted by Gasteiger charge is 2.31. The molecule has 3 amide bonds. The van der Waals surface area contributed by atoms with Gasteiger partial charge in [0.05, 0.1) is 30.4 Å². The number of hydrogen-bond acceptors (Lipinski definition) is 6. The highest BCUT2D eigenvalue weighted by Crippen LogP contribution is 2.29. The number of nitrogens with one attached hydrogen (secondary N) is 1. The Labute approximate surface area is 239 Å². The van der Waals surface area contributed by atoms with E-state index in [-0.39, 0.29) is 36.7 Å². The van der Waals surface area contributed by atoms with Gasteiger partial charge in [0.15, 0.2) is 0 Å². The Morgan fingerprint density at radius 1 is 1.12 bits per heavy atom. The Kier molecular flexibility index (Phi) is 11.6. The van der Waals surface area contributed by atoms with E-state index in [9.17, 15) is 14.7 Å². The van der Waals surface area contributed by atoms with Gasteiger partial charge in [0, 0.05) is 58.1 Å². The first-order valence-electron chi connectivity index (χ1n) is 14.2. The maximum atomic E-state index is 14.1. The van der Waals surface area contributed by atoms with Crippen LogP contribution in [0.25, 0.3) is 0 Å². The minimum absolute atomic E-state index is 0.0778.